The predicted molar refractivity (Wildman–Crippen MR) is 50.0 cm³/mol. The molecule has 1 aromatic heterocycles. The van der Waals surface area contributed by atoms with Crippen LogP contribution in [0.15, 0.2) is 10.9 Å². The van der Waals surface area contributed by atoms with Crippen LogP contribution in [0, 0.1) is 0 Å². The van der Waals surface area contributed by atoms with Gasteiger partial charge in [0.2, 0.25) is 5.88 Å². The van der Waals surface area contributed by atoms with Crippen LogP contribution in [-0.2, 0) is 11.2 Å². The highest BCUT2D eigenvalue weighted by Crippen LogP contribution is 2.25. The third-order valence-corrected chi connectivity index (χ3v) is 1.90. The maximum atomic E-state index is 12.3. The molecule has 0 spiro atoms. The Bertz CT molecular complexity index is 536. The number of pyridine rings is 1. The summed E-state index contributed by atoms with van der Waals surface area (Å²) in [6.45, 7) is 0. The van der Waals surface area contributed by atoms with Crippen molar-refractivity contribution in [1.82, 2.24) is 4.98 Å². The summed E-state index contributed by atoms with van der Waals surface area (Å²) in [5.74, 6) is -2.96. The van der Waals surface area contributed by atoms with Crippen molar-refractivity contribution in [3.63, 3.8) is 0 Å². The molecular formula is C9H6F5NO4. The third kappa shape index (κ3) is 4.23. The van der Waals surface area contributed by atoms with Crippen LogP contribution in [0.4, 0.5) is 22.0 Å². The minimum absolute atomic E-state index is 0.326. The number of aromatic amines is 1. The maximum Gasteiger partial charge on any atom is 0.574 e. The normalized spacial score (nSPS) is 11.7. The van der Waals surface area contributed by atoms with E-state index in [0.717, 1.165) is 0 Å². The summed E-state index contributed by atoms with van der Waals surface area (Å²) >= 11 is 0. The highest BCUT2D eigenvalue weighted by atomic mass is 19.4. The summed E-state index contributed by atoms with van der Waals surface area (Å²) < 4.78 is 64.1. The summed E-state index contributed by atoms with van der Waals surface area (Å²) in [5, 5.41) is 8.45. The summed E-state index contributed by atoms with van der Waals surface area (Å²) in [5.41, 5.74) is -3.27. The van der Waals surface area contributed by atoms with Gasteiger partial charge in [-0.15, -0.1) is 13.2 Å². The fourth-order valence-corrected chi connectivity index (χ4v) is 1.22. The lowest BCUT2D eigenvalue weighted by Crippen LogP contribution is -2.24. The molecule has 0 aliphatic heterocycles. The number of nitrogens with one attached hydrogen (secondary N) is 1. The van der Waals surface area contributed by atoms with Gasteiger partial charge in [0.1, 0.15) is 0 Å². The summed E-state index contributed by atoms with van der Waals surface area (Å²) in [4.78, 5) is 23.3. The molecule has 2 N–H and O–H groups in total. The van der Waals surface area contributed by atoms with Crippen LogP contribution >= 0.6 is 0 Å². The average Bonchev–Trinajstić information content (AvgIpc) is 2.19. The topological polar surface area (TPSA) is 79.4 Å². The molecule has 106 valence electrons. The zero-order valence-corrected chi connectivity index (χ0v) is 8.92. The van der Waals surface area contributed by atoms with Gasteiger partial charge >= 0.3 is 12.3 Å². The van der Waals surface area contributed by atoms with Crippen LogP contribution in [-0.4, -0.2) is 22.4 Å². The number of aromatic nitrogens is 1. The van der Waals surface area contributed by atoms with Gasteiger partial charge in [0.15, 0.2) is 5.43 Å². The van der Waals surface area contributed by atoms with Crippen molar-refractivity contribution >= 4 is 5.97 Å². The minimum Gasteiger partial charge on any atom is -0.481 e. The first kappa shape index (κ1) is 14.9. The first-order chi connectivity index (χ1) is 8.60. The molecule has 19 heavy (non-hydrogen) atoms. The zero-order valence-electron chi connectivity index (χ0n) is 8.92. The van der Waals surface area contributed by atoms with Gasteiger partial charge in [-0.25, -0.2) is 8.78 Å². The van der Waals surface area contributed by atoms with Crippen molar-refractivity contribution in [2.24, 2.45) is 0 Å². The molecular weight excluding hydrogens is 281 g/mol. The van der Waals surface area contributed by atoms with Crippen molar-refractivity contribution in [3.8, 4) is 5.88 Å². The van der Waals surface area contributed by atoms with Crippen molar-refractivity contribution in [3.05, 3.63) is 27.5 Å². The van der Waals surface area contributed by atoms with E-state index >= 15 is 0 Å². The monoisotopic (exact) mass is 287 g/mol. The Morgan fingerprint density at radius 3 is 2.42 bits per heavy atom. The lowest BCUT2D eigenvalue weighted by Gasteiger charge is -2.13. The van der Waals surface area contributed by atoms with Crippen LogP contribution in [0.1, 0.15) is 17.7 Å². The largest absolute Gasteiger partial charge is 0.574 e. The molecule has 0 atom stereocenters. The molecule has 1 rings (SSSR count). The smallest absolute Gasteiger partial charge is 0.481 e. The summed E-state index contributed by atoms with van der Waals surface area (Å²) in [7, 11) is 0. The number of H-pyrrole nitrogens is 1. The number of aliphatic carboxylic acids is 1. The molecule has 0 saturated heterocycles. The van der Waals surface area contributed by atoms with E-state index in [1.807, 2.05) is 0 Å². The zero-order chi connectivity index (χ0) is 14.8. The first-order valence-corrected chi connectivity index (χ1v) is 4.62. The molecule has 0 aliphatic rings. The fraction of sp³-hybridized carbons (Fsp3) is 0.333. The van der Waals surface area contributed by atoms with E-state index in [1.54, 1.807) is 4.98 Å². The quantitative estimate of drug-likeness (QED) is 0.828. The van der Waals surface area contributed by atoms with Crippen LogP contribution in [0.3, 0.4) is 0 Å². The second-order valence-electron chi connectivity index (χ2n) is 3.32. The number of hydrogen-bond donors (Lipinski definition) is 2. The molecule has 5 nitrogen and oxygen atoms in total. The SMILES string of the molecule is O=C(O)Cc1c(OC(F)(F)F)[nH]c(C(F)F)cc1=O. The van der Waals surface area contributed by atoms with Gasteiger partial charge in [-0.05, 0) is 0 Å². The van der Waals surface area contributed by atoms with Gasteiger partial charge in [-0.1, -0.05) is 0 Å². The second kappa shape index (κ2) is 5.24. The van der Waals surface area contributed by atoms with E-state index in [4.69, 9.17) is 5.11 Å². The van der Waals surface area contributed by atoms with E-state index in [0.29, 0.717) is 6.07 Å². The number of carboxylic acid groups (broad SMARTS) is 1. The molecule has 0 radical (unpaired) electrons. The molecule has 1 aromatic rings. The molecule has 10 heteroatoms. The molecule has 0 fully saturated rings. The maximum absolute atomic E-state index is 12.3. The van der Waals surface area contributed by atoms with E-state index in [9.17, 15) is 31.5 Å². The van der Waals surface area contributed by atoms with Crippen molar-refractivity contribution in [1.29, 1.82) is 0 Å². The van der Waals surface area contributed by atoms with Gasteiger partial charge in [-0.2, -0.15) is 0 Å². The molecule has 0 saturated carbocycles. The Labute approximate surface area is 101 Å². The Kier molecular flexibility index (Phi) is 4.12. The number of ether oxygens (including phenoxy) is 1. The molecule has 1 heterocycles. The minimum atomic E-state index is -5.25. The fourth-order valence-electron chi connectivity index (χ4n) is 1.22. The Hall–Kier alpha value is -2.13. The van der Waals surface area contributed by atoms with Crippen molar-refractivity contribution in [2.75, 3.05) is 0 Å². The third-order valence-electron chi connectivity index (χ3n) is 1.90. The van der Waals surface area contributed by atoms with Crippen molar-refractivity contribution < 1.29 is 36.6 Å². The van der Waals surface area contributed by atoms with E-state index in [-0.39, 0.29) is 0 Å². The second-order valence-corrected chi connectivity index (χ2v) is 3.32. The predicted octanol–water partition coefficient (Wildman–Crippen LogP) is 1.84. The lowest BCUT2D eigenvalue weighted by molar-refractivity contribution is -0.276. The Morgan fingerprint density at radius 2 is 2.00 bits per heavy atom. The van der Waals surface area contributed by atoms with Crippen LogP contribution in [0.5, 0.6) is 5.88 Å². The van der Waals surface area contributed by atoms with Gasteiger partial charge in [-0.3, -0.25) is 9.59 Å². The number of halogens is 5. The van der Waals surface area contributed by atoms with Crippen molar-refractivity contribution in [2.45, 2.75) is 19.2 Å². The average molecular weight is 287 g/mol. The van der Waals surface area contributed by atoms with E-state index < -0.39 is 47.7 Å². The van der Waals surface area contributed by atoms with Crippen LogP contribution in [0.2, 0.25) is 0 Å². The number of carboxylic acids is 1. The highest BCUT2D eigenvalue weighted by molar-refractivity contribution is 5.71. The Morgan fingerprint density at radius 1 is 1.42 bits per heavy atom. The summed E-state index contributed by atoms with van der Waals surface area (Å²) in [6.07, 6.45) is -9.58. The van der Waals surface area contributed by atoms with Gasteiger partial charge in [0.05, 0.1) is 17.7 Å². The molecule has 0 unspecified atom stereocenters. The molecule has 0 bridgehead atoms. The highest BCUT2D eigenvalue weighted by Gasteiger charge is 2.34. The Balaban J connectivity index is 3.35. The van der Waals surface area contributed by atoms with Crippen LogP contribution < -0.4 is 10.2 Å². The first-order valence-electron chi connectivity index (χ1n) is 4.62. The number of carbonyl (C=O) groups is 1. The number of rotatable bonds is 4. The number of hydrogen-bond acceptors (Lipinski definition) is 3. The molecule has 0 aromatic carbocycles. The standard InChI is InChI=1S/C9H6F5NO4/c10-7(11)4-2-5(16)3(1-6(17)18)8(15-4)19-9(12,13)14/h2,7H,1H2,(H,15,16)(H,17,18). The number of alkyl halides is 5. The molecule has 0 aliphatic carbocycles. The van der Waals surface area contributed by atoms with Crippen LogP contribution in [0.25, 0.3) is 0 Å². The lowest BCUT2D eigenvalue weighted by atomic mass is 10.1. The van der Waals surface area contributed by atoms with E-state index in [1.165, 1.54) is 0 Å². The van der Waals surface area contributed by atoms with Gasteiger partial charge in [0.25, 0.3) is 6.43 Å². The molecule has 0 amide bonds. The van der Waals surface area contributed by atoms with Gasteiger partial charge < -0.3 is 14.8 Å². The van der Waals surface area contributed by atoms with Gasteiger partial charge in [0, 0.05) is 6.07 Å². The summed E-state index contributed by atoms with van der Waals surface area (Å²) in [6, 6.07) is 0.326. The van der Waals surface area contributed by atoms with E-state index in [2.05, 4.69) is 4.74 Å².